The van der Waals surface area contributed by atoms with Crippen LogP contribution in [0, 0.1) is 13.1 Å². The Morgan fingerprint density at radius 2 is 0.955 bits per heavy atom. The average molecular weight is 1240 g/mol. The molecule has 0 saturated heterocycles. The van der Waals surface area contributed by atoms with E-state index in [2.05, 4.69) is 47.2 Å². The maximum absolute atomic E-state index is 11.1. The number of benzene rings is 4. The number of aliphatic hydroxyl groups is 2. The number of halogens is 1. The van der Waals surface area contributed by atoms with Crippen LogP contribution < -0.4 is 73.1 Å². The van der Waals surface area contributed by atoms with E-state index in [0.717, 1.165) is 64.5 Å². The van der Waals surface area contributed by atoms with Crippen LogP contribution in [0.4, 0.5) is 11.6 Å². The Morgan fingerprint density at radius 3 is 1.40 bits per heavy atom. The molecule has 0 bridgehead atoms. The number of hydrogen-bond acceptors (Lipinski definition) is 15. The fourth-order valence-corrected chi connectivity index (χ4v) is 6.88. The largest absolute Gasteiger partial charge is 1.00 e. The first-order valence-corrected chi connectivity index (χ1v) is 27.6. The summed E-state index contributed by atoms with van der Waals surface area (Å²) in [5.74, 6) is 3.08. The fourth-order valence-electron chi connectivity index (χ4n) is 6.72. The minimum Gasteiger partial charge on any atom is -1.00 e. The second-order valence-corrected chi connectivity index (χ2v) is 17.3. The van der Waals surface area contributed by atoms with E-state index in [1.54, 1.807) is 42.7 Å². The van der Waals surface area contributed by atoms with Crippen molar-refractivity contribution in [3.8, 4) is 23.4 Å². The van der Waals surface area contributed by atoms with E-state index >= 15 is 0 Å². The summed E-state index contributed by atoms with van der Waals surface area (Å²) in [6, 6.07) is 66.7. The molecule has 5 heterocycles. The van der Waals surface area contributed by atoms with Crippen molar-refractivity contribution in [2.24, 2.45) is 5.73 Å². The number of para-hydroxylation sites is 1. The number of carbonyl (C=O) groups is 1. The third kappa shape index (κ3) is 37.8. The van der Waals surface area contributed by atoms with Gasteiger partial charge >= 0.3 is 54.3 Å². The van der Waals surface area contributed by atoms with Crippen molar-refractivity contribution >= 4 is 75.4 Å². The van der Waals surface area contributed by atoms with Crippen LogP contribution in [0.25, 0.3) is 9.69 Å². The quantitative estimate of drug-likeness (QED) is 0.0196. The Balaban J connectivity index is -0.000000509. The maximum Gasteiger partial charge on any atom is 1.00 e. The van der Waals surface area contributed by atoms with E-state index in [0.29, 0.717) is 80.2 Å². The average Bonchev–Trinajstić information content (AvgIpc) is 3.54. The summed E-state index contributed by atoms with van der Waals surface area (Å²) in [6.45, 7) is 15.6. The van der Waals surface area contributed by atoms with Gasteiger partial charge in [0.2, 0.25) is 16.9 Å². The van der Waals surface area contributed by atoms with Crippen LogP contribution in [-0.2, 0) is 50.6 Å². The van der Waals surface area contributed by atoms with Gasteiger partial charge in [-0.1, -0.05) is 158 Å². The number of hydrogen-bond donors (Lipinski definition) is 5. The Bertz CT molecular complexity index is 3330. The van der Waals surface area contributed by atoms with Crippen LogP contribution in [-0.4, -0.2) is 101 Å². The van der Waals surface area contributed by atoms with Crippen molar-refractivity contribution < 1.29 is 90.3 Å². The Labute approximate surface area is 580 Å². The van der Waals surface area contributed by atoms with E-state index in [4.69, 9.17) is 66.0 Å². The summed E-state index contributed by atoms with van der Waals surface area (Å²) >= 11 is 9.00. The Hall–Kier alpha value is -6.78. The second kappa shape index (κ2) is 54.4. The summed E-state index contributed by atoms with van der Waals surface area (Å²) in [5.41, 5.74) is 12.4. The molecule has 23 heteroatoms. The summed E-state index contributed by atoms with van der Waals surface area (Å²) in [7, 11) is 0.250. The minimum atomic E-state index is -0.406. The van der Waals surface area contributed by atoms with Crippen molar-refractivity contribution in [2.75, 3.05) is 19.5 Å². The van der Waals surface area contributed by atoms with Crippen LogP contribution >= 0.6 is 24.2 Å². The van der Waals surface area contributed by atoms with Gasteiger partial charge in [0.15, 0.2) is 5.78 Å². The van der Waals surface area contributed by atoms with Crippen LogP contribution in [0.15, 0.2) is 212 Å². The van der Waals surface area contributed by atoms with E-state index in [-0.39, 0.29) is 97.4 Å². The maximum atomic E-state index is 11.1. The van der Waals surface area contributed by atoms with Gasteiger partial charge in [0, 0.05) is 76.3 Å². The molecule has 5 aromatic heterocycles. The van der Waals surface area contributed by atoms with Crippen molar-refractivity contribution in [1.29, 1.82) is 1.34 Å². The molecule has 4 aromatic carbocycles. The first-order chi connectivity index (χ1) is 41.7. The zero-order chi connectivity index (χ0) is 61.4. The van der Waals surface area contributed by atoms with E-state index in [9.17, 15) is 4.79 Å². The predicted molar refractivity (Wildman–Crippen MR) is 348 cm³/mol. The smallest absolute Gasteiger partial charge is 1.00 e. The number of aryl methyl sites for hydroxylation is 2. The monoisotopic (exact) mass is 1240 g/mol. The molecule has 16 nitrogen and oxygen atoms in total. The van der Waals surface area contributed by atoms with Crippen molar-refractivity contribution in [3.63, 3.8) is 0 Å². The Morgan fingerprint density at radius 1 is 0.557 bits per heavy atom. The second-order valence-electron chi connectivity index (χ2n) is 16.9. The third-order valence-corrected chi connectivity index (χ3v) is 11.0. The number of rotatable bonds is 21. The molecule has 0 aliphatic rings. The SMILES string of the molecule is CS.NCc1cccc(OCc2ccccc2)n1.O=C(CO)CCc1cccc(COc2ccccc2)n1.OCCCCc1cccc(OCc2ccccc2)n1.[3H][B]O.[Al].[B].[C-]#[N+]c1cccc(Cl)n1.[C-]#[N+]c1cccc(OCc2ccccc2)n1.[H-].[H-].[Li+].[Na+]. The number of ketones is 1. The number of pyridine rings is 5. The van der Waals surface area contributed by atoms with Crippen LogP contribution in [0.3, 0.4) is 0 Å². The number of nitrogens with two attached hydrogens (primary N) is 1. The number of aromatic nitrogens is 5. The predicted octanol–water partition coefficient (Wildman–Crippen LogP) is 5.56. The summed E-state index contributed by atoms with van der Waals surface area (Å²) in [4.78, 5) is 38.3. The first-order valence-electron chi connectivity index (χ1n) is 26.9. The molecule has 0 atom stereocenters. The standard InChI is InChI=1S/C16H17NO3.C16H19NO2.C13H10N2O.C13H14N2O.C6H3ClN2.CH4S.Al.BH2O.B.Li.Na.2H/c18-11-15(19)10-9-13-5-4-6-14(17-13)12-20-16-7-2-1-3-8-16;18-12-5-4-9-15-10-6-11-16(17-15)19-13-14-7-2-1-3-8-14;1-14-12-8-5-9-13(15-12)16-10-11-6-3-2-4-7-11;14-9-12-7-4-8-13(15-12)16-10-11-5-2-1-3-6-11;1-8-6-4-2-3-5(7)9-6;1-2;;1-2;;;;;/h1-8,18H,9-12H2;1-3,6-8,10-11,18H,4-5,9,12-13H2;2-9H,10H2;1-8H,9-10,14H2;2-4H;2H,1H3;;1-2H;;;;;/q;;;;;;;;;2*+1;2*-1/i;;;;;;;1T;;;;;. The van der Waals surface area contributed by atoms with Gasteiger partial charge < -0.3 is 52.5 Å². The molecule has 9 aromatic rings. The molecule has 0 amide bonds. The van der Waals surface area contributed by atoms with Crippen LogP contribution in [0.2, 0.25) is 5.15 Å². The summed E-state index contributed by atoms with van der Waals surface area (Å²) in [6.07, 6.45) is 5.19. The first kappa shape index (κ1) is 81.2. The third-order valence-electron chi connectivity index (χ3n) is 10.8. The van der Waals surface area contributed by atoms with Gasteiger partial charge in [-0.05, 0) is 115 Å². The van der Waals surface area contributed by atoms with Gasteiger partial charge in [0.1, 0.15) is 38.8 Å². The molecule has 0 saturated carbocycles. The number of thiol groups is 1. The van der Waals surface area contributed by atoms with Gasteiger partial charge in [-0.15, -0.1) is 4.98 Å². The zero-order valence-electron chi connectivity index (χ0n) is 52.8. The fraction of sp³-hybridized carbons (Fsp3) is 0.200. The van der Waals surface area contributed by atoms with Crippen LogP contribution in [0.5, 0.6) is 23.4 Å². The number of nitrogens with zero attached hydrogens (tertiary/aromatic N) is 7. The zero-order valence-corrected chi connectivity index (χ0v) is 54.6. The van der Waals surface area contributed by atoms with Crippen molar-refractivity contribution in [2.45, 2.75) is 65.1 Å². The number of Topliss-reactive ketones (excluding diaryl/α,β-unsaturated/α-hetero) is 1. The van der Waals surface area contributed by atoms with Gasteiger partial charge in [-0.3, -0.25) is 9.78 Å². The molecule has 443 valence electrons. The normalized spacial score (nSPS) is 9.22. The molecular formula is C65H71AlB2ClLiN8NaO8S. The number of aliphatic hydroxyl groups excluding tert-OH is 2. The van der Waals surface area contributed by atoms with Gasteiger partial charge in [-0.2, -0.15) is 12.6 Å². The molecule has 0 spiro atoms. The van der Waals surface area contributed by atoms with Gasteiger partial charge in [0.05, 0.1) is 11.4 Å². The molecule has 7 radical (unpaired) electrons. The van der Waals surface area contributed by atoms with Gasteiger partial charge in [0.25, 0.3) is 19.6 Å². The van der Waals surface area contributed by atoms with Crippen LogP contribution in [0.1, 0.15) is 61.6 Å². The van der Waals surface area contributed by atoms with E-state index in [1.165, 1.54) is 0 Å². The number of unbranched alkanes of at least 4 members (excludes halogenated alkanes) is 1. The molecule has 0 fully saturated rings. The topological polar surface area (TPSA) is 214 Å². The van der Waals surface area contributed by atoms with Gasteiger partial charge in [-0.25, -0.2) is 9.97 Å². The van der Waals surface area contributed by atoms with Crippen molar-refractivity contribution in [1.82, 2.24) is 24.9 Å². The Kier molecular flexibility index (Phi) is 50.2. The number of ether oxygens (including phenoxy) is 4. The van der Waals surface area contributed by atoms with E-state index in [1.807, 2.05) is 176 Å². The van der Waals surface area contributed by atoms with E-state index < -0.39 is 6.61 Å². The molecule has 9 rings (SSSR count). The molecular weight excluding hydrogens is 1170 g/mol. The molecule has 0 aliphatic heterocycles. The molecule has 0 unspecified atom stereocenters. The molecule has 5 N–H and O–H groups in total. The van der Waals surface area contributed by atoms with Crippen molar-refractivity contribution in [3.05, 3.63) is 280 Å². The summed E-state index contributed by atoms with van der Waals surface area (Å²) in [5, 5.41) is 24.9. The number of carbonyl (C=O) groups excluding carboxylic acids is 1. The minimum absolute atomic E-state index is 0. The summed E-state index contributed by atoms with van der Waals surface area (Å²) < 4.78 is 28.0. The molecule has 88 heavy (non-hydrogen) atoms. The molecule has 0 aliphatic carbocycles.